The van der Waals surface area contributed by atoms with E-state index in [-0.39, 0.29) is 10.6 Å². The van der Waals surface area contributed by atoms with E-state index < -0.39 is 0 Å². The number of rotatable bonds is 6. The monoisotopic (exact) mass is 318 g/mol. The summed E-state index contributed by atoms with van der Waals surface area (Å²) in [5.74, 6) is 1.04. The summed E-state index contributed by atoms with van der Waals surface area (Å²) in [6.07, 6.45) is 2.06. The lowest BCUT2D eigenvalue weighted by molar-refractivity contribution is -0.385. The van der Waals surface area contributed by atoms with Crippen molar-refractivity contribution in [1.82, 2.24) is 0 Å². The van der Waals surface area contributed by atoms with Crippen LogP contribution in [0.1, 0.15) is 5.56 Å². The maximum Gasteiger partial charge on any atom is 0.273 e. The van der Waals surface area contributed by atoms with Crippen LogP contribution in [0.15, 0.2) is 18.2 Å². The molecule has 0 aromatic heterocycles. The summed E-state index contributed by atoms with van der Waals surface area (Å²) >= 11 is 5.07. The molecular formula is C11H15BrN2O2S. The molecule has 0 unspecified atom stereocenters. The van der Waals surface area contributed by atoms with E-state index >= 15 is 0 Å². The molecule has 0 heterocycles. The SMILES string of the molecule is CSCCN(C)c1ccc([N+](=O)[O-])c(CBr)c1. The van der Waals surface area contributed by atoms with Crippen molar-refractivity contribution in [1.29, 1.82) is 0 Å². The third-order valence-electron chi connectivity index (χ3n) is 2.48. The minimum atomic E-state index is -0.345. The summed E-state index contributed by atoms with van der Waals surface area (Å²) in [6, 6.07) is 5.24. The van der Waals surface area contributed by atoms with Crippen LogP contribution >= 0.6 is 27.7 Å². The number of nitro groups is 1. The van der Waals surface area contributed by atoms with Gasteiger partial charge in [0, 0.05) is 42.0 Å². The third-order valence-corrected chi connectivity index (χ3v) is 3.67. The Labute approximate surface area is 114 Å². The summed E-state index contributed by atoms with van der Waals surface area (Å²) in [6.45, 7) is 0.931. The lowest BCUT2D eigenvalue weighted by Gasteiger charge is -2.19. The molecular weight excluding hydrogens is 304 g/mol. The van der Waals surface area contributed by atoms with Gasteiger partial charge >= 0.3 is 0 Å². The summed E-state index contributed by atoms with van der Waals surface area (Å²) in [5, 5.41) is 11.3. The topological polar surface area (TPSA) is 46.4 Å². The zero-order valence-electron chi connectivity index (χ0n) is 9.85. The largest absolute Gasteiger partial charge is 0.374 e. The summed E-state index contributed by atoms with van der Waals surface area (Å²) in [4.78, 5) is 12.6. The normalized spacial score (nSPS) is 10.3. The Balaban J connectivity index is 2.92. The van der Waals surface area contributed by atoms with Crippen LogP contribution in [0.5, 0.6) is 0 Å². The van der Waals surface area contributed by atoms with Crippen molar-refractivity contribution in [2.24, 2.45) is 0 Å². The van der Waals surface area contributed by atoms with Crippen molar-refractivity contribution in [2.45, 2.75) is 5.33 Å². The lowest BCUT2D eigenvalue weighted by Crippen LogP contribution is -2.20. The first kappa shape index (κ1) is 14.3. The van der Waals surface area contributed by atoms with Gasteiger partial charge in [-0.25, -0.2) is 0 Å². The van der Waals surface area contributed by atoms with Crippen molar-refractivity contribution >= 4 is 39.1 Å². The molecule has 0 aliphatic heterocycles. The number of anilines is 1. The molecule has 17 heavy (non-hydrogen) atoms. The standard InChI is InChI=1S/C11H15BrN2O2S/c1-13(5-6-17-2)10-3-4-11(14(15)16)9(7-10)8-12/h3-4,7H,5-6,8H2,1-2H3. The van der Waals surface area contributed by atoms with Gasteiger partial charge in [-0.1, -0.05) is 15.9 Å². The van der Waals surface area contributed by atoms with Gasteiger partial charge in [0.25, 0.3) is 5.69 Å². The van der Waals surface area contributed by atoms with Gasteiger partial charge in [-0.2, -0.15) is 11.8 Å². The van der Waals surface area contributed by atoms with Gasteiger partial charge in [-0.15, -0.1) is 0 Å². The summed E-state index contributed by atoms with van der Waals surface area (Å²) in [7, 11) is 2.00. The van der Waals surface area contributed by atoms with E-state index in [0.29, 0.717) is 10.9 Å². The van der Waals surface area contributed by atoms with Crippen LogP contribution in [0.3, 0.4) is 0 Å². The van der Waals surface area contributed by atoms with Gasteiger partial charge in [0.05, 0.1) is 4.92 Å². The number of benzene rings is 1. The maximum atomic E-state index is 10.8. The van der Waals surface area contributed by atoms with E-state index in [2.05, 4.69) is 27.1 Å². The van der Waals surface area contributed by atoms with E-state index in [1.54, 1.807) is 23.9 Å². The average Bonchev–Trinajstić information content (AvgIpc) is 2.34. The fourth-order valence-electron chi connectivity index (χ4n) is 1.45. The van der Waals surface area contributed by atoms with Crippen molar-refractivity contribution < 1.29 is 4.92 Å². The molecule has 0 aliphatic carbocycles. The molecule has 94 valence electrons. The van der Waals surface area contributed by atoms with Crippen LogP contribution in [0, 0.1) is 10.1 Å². The summed E-state index contributed by atoms with van der Waals surface area (Å²) in [5.41, 5.74) is 1.89. The molecule has 1 aromatic rings. The van der Waals surface area contributed by atoms with E-state index in [9.17, 15) is 10.1 Å². The molecule has 1 rings (SSSR count). The quantitative estimate of drug-likeness (QED) is 0.458. The number of nitro benzene ring substituents is 1. The highest BCUT2D eigenvalue weighted by atomic mass is 79.9. The molecule has 6 heteroatoms. The lowest BCUT2D eigenvalue weighted by atomic mass is 10.1. The van der Waals surface area contributed by atoms with Crippen molar-refractivity contribution in [3.05, 3.63) is 33.9 Å². The first-order valence-electron chi connectivity index (χ1n) is 5.13. The molecule has 0 spiro atoms. The fourth-order valence-corrected chi connectivity index (χ4v) is 2.36. The number of hydrogen-bond donors (Lipinski definition) is 0. The Morgan fingerprint density at radius 3 is 2.76 bits per heavy atom. The first-order valence-corrected chi connectivity index (χ1v) is 7.65. The highest BCUT2D eigenvalue weighted by Crippen LogP contribution is 2.26. The van der Waals surface area contributed by atoms with Gasteiger partial charge in [-0.05, 0) is 18.4 Å². The molecule has 0 fully saturated rings. The Hall–Kier alpha value is -0.750. The Morgan fingerprint density at radius 1 is 1.53 bits per heavy atom. The Kier molecular flexibility index (Phi) is 5.77. The van der Waals surface area contributed by atoms with Crippen molar-refractivity contribution in [3.63, 3.8) is 0 Å². The summed E-state index contributed by atoms with van der Waals surface area (Å²) < 4.78 is 0. The molecule has 0 atom stereocenters. The molecule has 4 nitrogen and oxygen atoms in total. The van der Waals surface area contributed by atoms with E-state index in [1.807, 2.05) is 13.1 Å². The molecule has 0 radical (unpaired) electrons. The fraction of sp³-hybridized carbons (Fsp3) is 0.455. The van der Waals surface area contributed by atoms with Crippen LogP contribution in [0.4, 0.5) is 11.4 Å². The molecule has 0 amide bonds. The average molecular weight is 319 g/mol. The molecule has 1 aromatic carbocycles. The van der Waals surface area contributed by atoms with Crippen LogP contribution in [0.25, 0.3) is 0 Å². The highest BCUT2D eigenvalue weighted by Gasteiger charge is 2.14. The number of alkyl halides is 1. The van der Waals surface area contributed by atoms with Crippen LogP contribution < -0.4 is 4.90 Å². The van der Waals surface area contributed by atoms with Gasteiger partial charge in [-0.3, -0.25) is 10.1 Å². The van der Waals surface area contributed by atoms with Gasteiger partial charge < -0.3 is 4.90 Å². The van der Waals surface area contributed by atoms with E-state index in [0.717, 1.165) is 18.0 Å². The highest BCUT2D eigenvalue weighted by molar-refractivity contribution is 9.08. The van der Waals surface area contributed by atoms with E-state index in [4.69, 9.17) is 0 Å². The minimum Gasteiger partial charge on any atom is -0.374 e. The van der Waals surface area contributed by atoms with Crippen LogP contribution in [-0.4, -0.2) is 30.5 Å². The zero-order valence-corrected chi connectivity index (χ0v) is 12.3. The van der Waals surface area contributed by atoms with Crippen molar-refractivity contribution in [3.8, 4) is 0 Å². The second kappa shape index (κ2) is 6.86. The zero-order chi connectivity index (χ0) is 12.8. The number of halogens is 1. The number of nitrogens with zero attached hydrogens (tertiary/aromatic N) is 2. The second-order valence-electron chi connectivity index (χ2n) is 3.62. The Morgan fingerprint density at radius 2 is 2.24 bits per heavy atom. The minimum absolute atomic E-state index is 0.170. The maximum absolute atomic E-state index is 10.8. The van der Waals surface area contributed by atoms with Gasteiger partial charge in [0.15, 0.2) is 0 Å². The predicted octanol–water partition coefficient (Wildman–Crippen LogP) is 3.29. The van der Waals surface area contributed by atoms with Gasteiger partial charge in [0.2, 0.25) is 0 Å². The predicted molar refractivity (Wildman–Crippen MR) is 77.4 cm³/mol. The van der Waals surface area contributed by atoms with E-state index in [1.165, 1.54) is 0 Å². The molecule has 0 saturated heterocycles. The third kappa shape index (κ3) is 3.89. The smallest absolute Gasteiger partial charge is 0.273 e. The number of hydrogen-bond acceptors (Lipinski definition) is 4. The number of thioether (sulfide) groups is 1. The van der Waals surface area contributed by atoms with Crippen molar-refractivity contribution in [2.75, 3.05) is 30.5 Å². The first-order chi connectivity index (χ1) is 8.10. The van der Waals surface area contributed by atoms with Crippen LogP contribution in [0.2, 0.25) is 0 Å². The second-order valence-corrected chi connectivity index (χ2v) is 5.16. The van der Waals surface area contributed by atoms with Gasteiger partial charge in [0.1, 0.15) is 0 Å². The molecule has 0 saturated carbocycles. The Bertz CT molecular complexity index is 401. The molecule has 0 N–H and O–H groups in total. The molecule has 0 bridgehead atoms. The molecule has 0 aliphatic rings. The van der Waals surface area contributed by atoms with Crippen LogP contribution in [-0.2, 0) is 5.33 Å².